The fraction of sp³-hybridized carbons (Fsp3) is 0.875. The average Bonchev–Trinajstić information content (AvgIpc) is 2.33. The Balaban J connectivity index is 4.69. The van der Waals surface area contributed by atoms with E-state index in [9.17, 15) is 9.59 Å². The van der Waals surface area contributed by atoms with Crippen molar-refractivity contribution in [3.8, 4) is 0 Å². The van der Waals surface area contributed by atoms with Gasteiger partial charge >= 0.3 is 11.9 Å². The summed E-state index contributed by atoms with van der Waals surface area (Å²) in [6, 6.07) is 0. The van der Waals surface area contributed by atoms with Crippen LogP contribution in [0.15, 0.2) is 0 Å². The summed E-state index contributed by atoms with van der Waals surface area (Å²) in [5, 5.41) is 0. The van der Waals surface area contributed by atoms with E-state index in [1.54, 1.807) is 0 Å². The molecule has 0 aliphatic heterocycles. The predicted molar refractivity (Wildman–Crippen MR) is 79.2 cm³/mol. The Bertz CT molecular complexity index is 270. The van der Waals surface area contributed by atoms with E-state index in [4.69, 9.17) is 9.47 Å². The van der Waals surface area contributed by atoms with Crippen LogP contribution in [0.1, 0.15) is 85.5 Å². The molecule has 0 N–H and O–H groups in total. The lowest BCUT2D eigenvalue weighted by molar-refractivity contribution is -0.232. The van der Waals surface area contributed by atoms with Gasteiger partial charge in [0.2, 0.25) is 0 Å². The predicted octanol–water partition coefficient (Wildman–Crippen LogP) is 4.36. The quantitative estimate of drug-likeness (QED) is 0.322. The third-order valence-electron chi connectivity index (χ3n) is 3.23. The molecule has 118 valence electrons. The molecule has 0 aliphatic rings. The van der Waals surface area contributed by atoms with Crippen molar-refractivity contribution in [2.75, 3.05) is 0 Å². The summed E-state index contributed by atoms with van der Waals surface area (Å²) in [4.78, 5) is 22.7. The van der Waals surface area contributed by atoms with Gasteiger partial charge in [-0.15, -0.1) is 0 Å². The first-order chi connectivity index (χ1) is 9.45. The van der Waals surface area contributed by atoms with E-state index < -0.39 is 17.7 Å². The number of hydrogen-bond donors (Lipinski definition) is 0. The number of carbonyl (C=O) groups excluding carboxylic acids is 2. The zero-order chi connectivity index (χ0) is 15.4. The van der Waals surface area contributed by atoms with E-state index in [1.165, 1.54) is 13.8 Å². The molecule has 0 atom stereocenters. The Morgan fingerprint density at radius 1 is 0.750 bits per heavy atom. The molecule has 0 fully saturated rings. The van der Waals surface area contributed by atoms with E-state index in [0.29, 0.717) is 12.8 Å². The number of esters is 2. The van der Waals surface area contributed by atoms with Crippen molar-refractivity contribution in [2.45, 2.75) is 91.3 Å². The molecule has 0 aromatic heterocycles. The topological polar surface area (TPSA) is 52.6 Å². The zero-order valence-corrected chi connectivity index (χ0v) is 13.5. The SMILES string of the molecule is CCCCCCC(CCCCC)(OC(C)=O)OC(C)=O. The summed E-state index contributed by atoms with van der Waals surface area (Å²) in [5.41, 5.74) is 0. The Morgan fingerprint density at radius 3 is 1.55 bits per heavy atom. The number of unbranched alkanes of at least 4 members (excludes halogenated alkanes) is 5. The highest BCUT2D eigenvalue weighted by Crippen LogP contribution is 2.29. The molecule has 0 aromatic carbocycles. The van der Waals surface area contributed by atoms with Crippen molar-refractivity contribution in [3.05, 3.63) is 0 Å². The lowest BCUT2D eigenvalue weighted by Gasteiger charge is -2.32. The number of carbonyl (C=O) groups is 2. The van der Waals surface area contributed by atoms with Crippen molar-refractivity contribution in [2.24, 2.45) is 0 Å². The molecule has 0 saturated heterocycles. The van der Waals surface area contributed by atoms with Gasteiger partial charge in [-0.05, 0) is 12.8 Å². The maximum Gasteiger partial charge on any atom is 0.305 e. The van der Waals surface area contributed by atoms with E-state index >= 15 is 0 Å². The molecule has 0 saturated carbocycles. The Kier molecular flexibility index (Phi) is 10.1. The molecule has 0 spiro atoms. The minimum absolute atomic E-state index is 0.391. The van der Waals surface area contributed by atoms with Crippen LogP contribution in [0.3, 0.4) is 0 Å². The molecular formula is C16H30O4. The van der Waals surface area contributed by atoms with Gasteiger partial charge in [-0.1, -0.05) is 46.0 Å². The van der Waals surface area contributed by atoms with Gasteiger partial charge in [0.25, 0.3) is 5.79 Å². The second-order valence-electron chi connectivity index (χ2n) is 5.37. The third-order valence-corrected chi connectivity index (χ3v) is 3.23. The molecule has 4 heteroatoms. The lowest BCUT2D eigenvalue weighted by atomic mass is 10.00. The van der Waals surface area contributed by atoms with Gasteiger partial charge in [-0.2, -0.15) is 0 Å². The fourth-order valence-electron chi connectivity index (χ4n) is 2.34. The average molecular weight is 286 g/mol. The molecule has 0 aliphatic carbocycles. The molecule has 0 rings (SSSR count). The first-order valence-corrected chi connectivity index (χ1v) is 7.85. The Labute approximate surface area is 123 Å². The van der Waals surface area contributed by atoms with Crippen molar-refractivity contribution < 1.29 is 19.1 Å². The largest absolute Gasteiger partial charge is 0.423 e. The van der Waals surface area contributed by atoms with Gasteiger partial charge in [0.1, 0.15) is 0 Å². The van der Waals surface area contributed by atoms with Crippen LogP contribution in [0.4, 0.5) is 0 Å². The van der Waals surface area contributed by atoms with Crippen LogP contribution in [0, 0.1) is 0 Å². The first-order valence-electron chi connectivity index (χ1n) is 7.85. The molecule has 0 unspecified atom stereocenters. The van der Waals surface area contributed by atoms with Crippen LogP contribution in [-0.2, 0) is 19.1 Å². The van der Waals surface area contributed by atoms with E-state index in [2.05, 4.69) is 13.8 Å². The molecule has 0 bridgehead atoms. The maximum absolute atomic E-state index is 11.3. The standard InChI is InChI=1S/C16H30O4/c1-5-7-9-11-13-16(19-14(3)17,20-15(4)18)12-10-8-6-2/h5-13H2,1-4H3. The fourth-order valence-corrected chi connectivity index (χ4v) is 2.34. The third kappa shape index (κ3) is 8.94. The van der Waals surface area contributed by atoms with Crippen LogP contribution in [0.25, 0.3) is 0 Å². The highest BCUT2D eigenvalue weighted by atomic mass is 16.7. The highest BCUT2D eigenvalue weighted by Gasteiger charge is 2.35. The van der Waals surface area contributed by atoms with Crippen LogP contribution in [0.5, 0.6) is 0 Å². The highest BCUT2D eigenvalue weighted by molar-refractivity contribution is 5.68. The molecule has 20 heavy (non-hydrogen) atoms. The van der Waals surface area contributed by atoms with E-state index in [-0.39, 0.29) is 0 Å². The van der Waals surface area contributed by atoms with Gasteiger partial charge in [-0.3, -0.25) is 9.59 Å². The minimum Gasteiger partial charge on any atom is -0.423 e. The number of hydrogen-bond acceptors (Lipinski definition) is 4. The molecule has 0 radical (unpaired) electrons. The second kappa shape index (κ2) is 10.7. The molecule has 0 amide bonds. The van der Waals surface area contributed by atoms with Crippen molar-refractivity contribution in [3.63, 3.8) is 0 Å². The van der Waals surface area contributed by atoms with Crippen molar-refractivity contribution in [1.82, 2.24) is 0 Å². The summed E-state index contributed by atoms with van der Waals surface area (Å²) in [6.07, 6.45) is 8.45. The number of ether oxygens (including phenoxy) is 2. The monoisotopic (exact) mass is 286 g/mol. The lowest BCUT2D eigenvalue weighted by Crippen LogP contribution is -2.39. The smallest absolute Gasteiger partial charge is 0.305 e. The Hall–Kier alpha value is -1.06. The first kappa shape index (κ1) is 18.9. The van der Waals surface area contributed by atoms with Gasteiger partial charge in [0, 0.05) is 26.7 Å². The normalized spacial score (nSPS) is 11.2. The van der Waals surface area contributed by atoms with Crippen LogP contribution in [-0.4, -0.2) is 17.7 Å². The summed E-state index contributed by atoms with van der Waals surface area (Å²) in [7, 11) is 0. The Morgan fingerprint density at radius 2 is 1.15 bits per heavy atom. The van der Waals surface area contributed by atoms with E-state index in [1.807, 2.05) is 0 Å². The zero-order valence-electron chi connectivity index (χ0n) is 13.5. The molecule has 0 heterocycles. The van der Waals surface area contributed by atoms with Crippen molar-refractivity contribution >= 4 is 11.9 Å². The van der Waals surface area contributed by atoms with E-state index in [0.717, 1.165) is 44.9 Å². The van der Waals surface area contributed by atoms with Gasteiger partial charge in [0.15, 0.2) is 0 Å². The summed E-state index contributed by atoms with van der Waals surface area (Å²) in [6.45, 7) is 6.99. The van der Waals surface area contributed by atoms with Crippen LogP contribution >= 0.6 is 0 Å². The summed E-state index contributed by atoms with van der Waals surface area (Å²) in [5.74, 6) is -1.84. The maximum atomic E-state index is 11.3. The summed E-state index contributed by atoms with van der Waals surface area (Å²) >= 11 is 0. The summed E-state index contributed by atoms with van der Waals surface area (Å²) < 4.78 is 10.8. The van der Waals surface area contributed by atoms with Gasteiger partial charge in [-0.25, -0.2) is 0 Å². The van der Waals surface area contributed by atoms with Crippen LogP contribution in [0.2, 0.25) is 0 Å². The molecular weight excluding hydrogens is 256 g/mol. The molecule has 0 aromatic rings. The van der Waals surface area contributed by atoms with Gasteiger partial charge in [0.05, 0.1) is 0 Å². The number of rotatable bonds is 11. The van der Waals surface area contributed by atoms with Crippen molar-refractivity contribution in [1.29, 1.82) is 0 Å². The van der Waals surface area contributed by atoms with Crippen LogP contribution < -0.4 is 0 Å². The van der Waals surface area contributed by atoms with Gasteiger partial charge < -0.3 is 9.47 Å². The molecule has 4 nitrogen and oxygen atoms in total. The second-order valence-corrected chi connectivity index (χ2v) is 5.37. The minimum atomic E-state index is -1.05.